The van der Waals surface area contributed by atoms with Crippen molar-refractivity contribution in [3.63, 3.8) is 0 Å². The lowest BCUT2D eigenvalue weighted by Crippen LogP contribution is -2.47. The zero-order valence-corrected chi connectivity index (χ0v) is 19.2. The number of hydrogen-bond donors (Lipinski definition) is 1. The number of hydrogen-bond acceptors (Lipinski definition) is 5. The summed E-state index contributed by atoms with van der Waals surface area (Å²) in [5.74, 6) is -0.303. The molecule has 168 valence electrons. The maximum absolute atomic E-state index is 13.2. The predicted octanol–water partition coefficient (Wildman–Crippen LogP) is 4.74. The molecule has 1 aliphatic carbocycles. The maximum Gasteiger partial charge on any atom is 0.274 e. The van der Waals surface area contributed by atoms with Gasteiger partial charge in [0, 0.05) is 10.0 Å². The molecule has 0 saturated heterocycles. The Morgan fingerprint density at radius 2 is 1.45 bits per heavy atom. The van der Waals surface area contributed by atoms with E-state index in [-0.39, 0.29) is 11.6 Å². The number of halogens is 2. The summed E-state index contributed by atoms with van der Waals surface area (Å²) >= 11 is 12.2. The van der Waals surface area contributed by atoms with E-state index in [4.69, 9.17) is 23.2 Å². The fraction of sp³-hybridized carbons (Fsp3) is 0.261. The normalized spacial score (nSPS) is 15.3. The van der Waals surface area contributed by atoms with Crippen molar-refractivity contribution in [2.24, 2.45) is 0 Å². The summed E-state index contributed by atoms with van der Waals surface area (Å²) in [7, 11) is 0. The van der Waals surface area contributed by atoms with E-state index in [1.165, 1.54) is 4.68 Å². The number of benzene rings is 2. The van der Waals surface area contributed by atoms with Crippen LogP contribution in [-0.2, 0) is 5.54 Å². The van der Waals surface area contributed by atoms with E-state index in [2.05, 4.69) is 25.9 Å². The Morgan fingerprint density at radius 3 is 2.09 bits per heavy atom. The molecule has 1 fully saturated rings. The van der Waals surface area contributed by atoms with E-state index in [1.807, 2.05) is 42.6 Å². The van der Waals surface area contributed by atoms with Gasteiger partial charge in [-0.3, -0.25) is 4.79 Å². The summed E-state index contributed by atoms with van der Waals surface area (Å²) in [5, 5.41) is 21.3. The van der Waals surface area contributed by atoms with Crippen molar-refractivity contribution in [1.82, 2.24) is 35.3 Å². The molecule has 1 amide bonds. The summed E-state index contributed by atoms with van der Waals surface area (Å²) in [6.07, 6.45) is 8.09. The van der Waals surface area contributed by atoms with Gasteiger partial charge in [-0.15, -0.1) is 10.2 Å². The average molecular weight is 482 g/mol. The van der Waals surface area contributed by atoms with Crippen LogP contribution in [0.2, 0.25) is 10.0 Å². The Morgan fingerprint density at radius 1 is 0.848 bits per heavy atom. The van der Waals surface area contributed by atoms with Gasteiger partial charge in [-0.1, -0.05) is 65.0 Å². The summed E-state index contributed by atoms with van der Waals surface area (Å²) in [4.78, 5) is 13.2. The van der Waals surface area contributed by atoms with E-state index in [1.54, 1.807) is 23.0 Å². The van der Waals surface area contributed by atoms with Crippen molar-refractivity contribution in [1.29, 1.82) is 0 Å². The van der Waals surface area contributed by atoms with Gasteiger partial charge in [-0.2, -0.15) is 0 Å². The topological polar surface area (TPSA) is 90.5 Å². The van der Waals surface area contributed by atoms with Crippen LogP contribution in [0.5, 0.6) is 0 Å². The van der Waals surface area contributed by atoms with E-state index >= 15 is 0 Å². The Bertz CT molecular complexity index is 1290. The highest BCUT2D eigenvalue weighted by atomic mass is 35.5. The number of nitrogens with zero attached hydrogens (tertiary/aromatic N) is 6. The number of aromatic nitrogens is 6. The smallest absolute Gasteiger partial charge is 0.274 e. The van der Waals surface area contributed by atoms with Crippen LogP contribution in [0.3, 0.4) is 0 Å². The molecule has 0 radical (unpaired) electrons. The lowest BCUT2D eigenvalue weighted by molar-refractivity contribution is 0.0857. The fourth-order valence-electron chi connectivity index (χ4n) is 4.22. The minimum Gasteiger partial charge on any atom is -0.339 e. The molecule has 5 rings (SSSR count). The van der Waals surface area contributed by atoms with Gasteiger partial charge in [0.15, 0.2) is 5.69 Å². The van der Waals surface area contributed by atoms with Gasteiger partial charge >= 0.3 is 0 Å². The van der Waals surface area contributed by atoms with Crippen molar-refractivity contribution in [2.45, 2.75) is 37.6 Å². The van der Waals surface area contributed by atoms with Gasteiger partial charge in [0.1, 0.15) is 5.69 Å². The quantitative estimate of drug-likeness (QED) is 0.444. The van der Waals surface area contributed by atoms with Crippen molar-refractivity contribution in [2.75, 3.05) is 0 Å². The van der Waals surface area contributed by atoms with Crippen LogP contribution in [0.25, 0.3) is 11.4 Å². The van der Waals surface area contributed by atoms with Gasteiger partial charge in [0.25, 0.3) is 5.91 Å². The lowest BCUT2D eigenvalue weighted by atomic mass is 9.79. The second-order valence-electron chi connectivity index (χ2n) is 8.15. The van der Waals surface area contributed by atoms with E-state index < -0.39 is 5.54 Å². The molecule has 2 heterocycles. The number of carbonyl (C=O) groups excluding carboxylic acids is 1. The highest BCUT2D eigenvalue weighted by Crippen LogP contribution is 2.36. The van der Waals surface area contributed by atoms with E-state index in [0.717, 1.165) is 49.2 Å². The first-order valence-electron chi connectivity index (χ1n) is 10.7. The van der Waals surface area contributed by atoms with Crippen LogP contribution in [-0.4, -0.2) is 35.9 Å². The second-order valence-corrected chi connectivity index (χ2v) is 9.03. The molecule has 0 aliphatic heterocycles. The first kappa shape index (κ1) is 21.6. The third-order valence-electron chi connectivity index (χ3n) is 5.92. The minimum atomic E-state index is -0.619. The molecular formula is C23H21Cl2N7O. The molecule has 4 aromatic rings. The zero-order valence-electron chi connectivity index (χ0n) is 17.7. The molecule has 0 atom stereocenters. The predicted molar refractivity (Wildman–Crippen MR) is 125 cm³/mol. The molecule has 0 spiro atoms. The fourth-order valence-corrected chi connectivity index (χ4v) is 4.59. The van der Waals surface area contributed by atoms with Gasteiger partial charge in [-0.25, -0.2) is 9.36 Å². The first-order chi connectivity index (χ1) is 16.0. The molecule has 33 heavy (non-hydrogen) atoms. The minimum absolute atomic E-state index is 0.224. The van der Waals surface area contributed by atoms with Gasteiger partial charge in [0.05, 0.1) is 29.3 Å². The summed E-state index contributed by atoms with van der Waals surface area (Å²) in [6, 6.07) is 14.6. The SMILES string of the molecule is O=C(NC1(c2cn(-c3cccc(Cl)c3)nn2)CCCCC1)c1cn(-c2cccc(Cl)c2)nn1. The summed E-state index contributed by atoms with van der Waals surface area (Å²) < 4.78 is 3.21. The summed E-state index contributed by atoms with van der Waals surface area (Å²) in [5.41, 5.74) is 1.86. The maximum atomic E-state index is 13.2. The van der Waals surface area contributed by atoms with Crippen molar-refractivity contribution >= 4 is 29.1 Å². The third-order valence-corrected chi connectivity index (χ3v) is 6.39. The molecule has 8 nitrogen and oxygen atoms in total. The van der Waals surface area contributed by atoms with Crippen LogP contribution >= 0.6 is 23.2 Å². The Labute approximate surface area is 200 Å². The number of carbonyl (C=O) groups is 1. The lowest BCUT2D eigenvalue weighted by Gasteiger charge is -2.36. The standard InChI is InChI=1S/C23H21Cl2N7O/c24-16-6-4-8-18(12-16)31-14-20(27-29-31)22(33)26-23(10-2-1-3-11-23)21-15-32(30-28-21)19-9-5-7-17(25)13-19/h4-9,12-15H,1-3,10-11H2,(H,26,33). The van der Waals surface area contributed by atoms with Crippen molar-refractivity contribution in [3.8, 4) is 11.4 Å². The van der Waals surface area contributed by atoms with Crippen LogP contribution in [0.15, 0.2) is 60.9 Å². The highest BCUT2D eigenvalue weighted by molar-refractivity contribution is 6.31. The van der Waals surface area contributed by atoms with Crippen LogP contribution in [0, 0.1) is 0 Å². The second kappa shape index (κ2) is 8.96. The molecule has 1 saturated carbocycles. The van der Waals surface area contributed by atoms with Gasteiger partial charge in [0.2, 0.25) is 0 Å². The third kappa shape index (κ3) is 4.49. The molecule has 1 aliphatic rings. The summed E-state index contributed by atoms with van der Waals surface area (Å²) in [6.45, 7) is 0. The highest BCUT2D eigenvalue weighted by Gasteiger charge is 2.39. The Kier molecular flexibility index (Phi) is 5.86. The van der Waals surface area contributed by atoms with Crippen LogP contribution in [0.4, 0.5) is 0 Å². The number of amides is 1. The largest absolute Gasteiger partial charge is 0.339 e. The Hall–Kier alpha value is -3.23. The number of rotatable bonds is 5. The van der Waals surface area contributed by atoms with Crippen LogP contribution < -0.4 is 5.32 Å². The Balaban J connectivity index is 1.41. The van der Waals surface area contributed by atoms with Gasteiger partial charge < -0.3 is 5.32 Å². The molecule has 2 aromatic carbocycles. The molecule has 0 unspecified atom stereocenters. The zero-order chi connectivity index (χ0) is 22.8. The van der Waals surface area contributed by atoms with Crippen molar-refractivity contribution < 1.29 is 4.79 Å². The first-order valence-corrected chi connectivity index (χ1v) is 11.5. The monoisotopic (exact) mass is 481 g/mol. The molecule has 10 heteroatoms. The van der Waals surface area contributed by atoms with Crippen molar-refractivity contribution in [3.05, 3.63) is 82.4 Å². The molecule has 2 aromatic heterocycles. The molecular weight excluding hydrogens is 461 g/mol. The average Bonchev–Trinajstić information content (AvgIpc) is 3.51. The molecule has 1 N–H and O–H groups in total. The number of nitrogens with one attached hydrogen (secondary N) is 1. The van der Waals surface area contributed by atoms with Crippen LogP contribution in [0.1, 0.15) is 48.3 Å². The molecule has 0 bridgehead atoms. The van der Waals surface area contributed by atoms with E-state index in [9.17, 15) is 4.79 Å². The van der Waals surface area contributed by atoms with Gasteiger partial charge in [-0.05, 0) is 49.2 Å². The van der Waals surface area contributed by atoms with E-state index in [0.29, 0.717) is 10.0 Å².